The molecule has 0 bridgehead atoms. The van der Waals surface area contributed by atoms with E-state index in [2.05, 4.69) is 5.87 Å². The van der Waals surface area contributed by atoms with Crippen LogP contribution in [-0.2, 0) is 9.59 Å². The summed E-state index contributed by atoms with van der Waals surface area (Å²) in [5.74, 6) is 1.94. The molecule has 0 aliphatic heterocycles. The van der Waals surface area contributed by atoms with Gasteiger partial charge in [-0.25, -0.2) is 0 Å². The number of hydrogen-bond acceptors (Lipinski definition) is 5. The largest absolute Gasteiger partial charge is 0.480 e. The first-order chi connectivity index (χ1) is 6.84. The van der Waals surface area contributed by atoms with E-state index in [9.17, 15) is 9.59 Å². The molecule has 8 heteroatoms. The van der Waals surface area contributed by atoms with Gasteiger partial charge in [-0.1, -0.05) is 16.7 Å². The third kappa shape index (κ3) is 6.50. The molecular weight excluding hydrogens is 240 g/mol. The molecule has 0 saturated heterocycles. The molecule has 0 aliphatic carbocycles. The Hall–Kier alpha value is -0.570. The van der Waals surface area contributed by atoms with Crippen molar-refractivity contribution in [3.63, 3.8) is 0 Å². The van der Waals surface area contributed by atoms with Crippen molar-refractivity contribution in [3.05, 3.63) is 0 Å². The van der Waals surface area contributed by atoms with Crippen LogP contribution in [0.5, 0.6) is 0 Å². The molecule has 1 unspecified atom stereocenters. The Labute approximate surface area is 93.3 Å². The van der Waals surface area contributed by atoms with Crippen molar-refractivity contribution in [3.8, 4) is 0 Å². The molecule has 6 nitrogen and oxygen atoms in total. The van der Waals surface area contributed by atoms with Gasteiger partial charge in [-0.2, -0.15) is 0 Å². The van der Waals surface area contributed by atoms with Crippen LogP contribution < -0.4 is 11.5 Å². The molecule has 0 aromatic heterocycles. The molecule has 0 rings (SSSR count). The van der Waals surface area contributed by atoms with E-state index in [0.717, 1.165) is 0 Å². The van der Waals surface area contributed by atoms with Gasteiger partial charge in [-0.05, 0) is 0 Å². The first-order valence-corrected chi connectivity index (χ1v) is 7.01. The Morgan fingerprint density at radius 3 is 2.13 bits per heavy atom. The minimum Gasteiger partial charge on any atom is -0.480 e. The minimum absolute atomic E-state index is 0.203. The van der Waals surface area contributed by atoms with Crippen molar-refractivity contribution < 1.29 is 19.8 Å². The molecule has 6 N–H and O–H groups in total. The highest BCUT2D eigenvalue weighted by Crippen LogP contribution is 2.29. The van der Waals surface area contributed by atoms with Crippen LogP contribution in [0.4, 0.5) is 0 Å². The highest BCUT2D eigenvalue weighted by atomic mass is 33.1. The van der Waals surface area contributed by atoms with Gasteiger partial charge in [0.25, 0.3) is 0 Å². The Morgan fingerprint density at radius 1 is 1.27 bits per heavy atom. The summed E-state index contributed by atoms with van der Waals surface area (Å²) in [6.07, 6.45) is 0. The fourth-order valence-corrected chi connectivity index (χ4v) is 3.43. The second kappa shape index (κ2) is 6.83. The van der Waals surface area contributed by atoms with E-state index in [0.29, 0.717) is 0 Å². The summed E-state index contributed by atoms with van der Waals surface area (Å²) < 4.78 is 0. The van der Waals surface area contributed by atoms with Crippen molar-refractivity contribution in [1.82, 2.24) is 0 Å². The van der Waals surface area contributed by atoms with E-state index in [1.807, 2.05) is 0 Å². The average molecular weight is 254 g/mol. The average Bonchev–Trinajstić information content (AvgIpc) is 2.13. The van der Waals surface area contributed by atoms with Crippen molar-refractivity contribution in [2.75, 3.05) is 11.5 Å². The summed E-state index contributed by atoms with van der Waals surface area (Å²) in [4.78, 5) is 20.8. The number of aliphatic carboxylic acids is 2. The zero-order valence-corrected chi connectivity index (χ0v) is 9.59. The van der Waals surface area contributed by atoms with E-state index < -0.39 is 33.5 Å². The molecule has 0 heterocycles. The SMILES string of the molecule is C=S(C[C@H](N)C(=O)O)SC[C@H](N)C(=O)O. The fourth-order valence-electron chi connectivity index (χ4n) is 0.560. The predicted octanol–water partition coefficient (Wildman–Crippen LogP) is -0.841. The third-order valence-corrected chi connectivity index (χ3v) is 4.79. The van der Waals surface area contributed by atoms with E-state index >= 15 is 0 Å². The van der Waals surface area contributed by atoms with Gasteiger partial charge in [0.05, 0.1) is 0 Å². The standard InChI is InChI=1S/C7H14N2O4S2/c1-15(3-5(9)7(12)13)14-2-4(8)6(10)11/h4-5H,1-3,8-9H2,(H,10,11)(H,12,13)/t4-,5-,15?/m0/s1. The van der Waals surface area contributed by atoms with Crippen molar-refractivity contribution in [2.24, 2.45) is 11.5 Å². The van der Waals surface area contributed by atoms with Gasteiger partial charge in [0.2, 0.25) is 0 Å². The van der Waals surface area contributed by atoms with Crippen LogP contribution in [-0.4, -0.2) is 51.6 Å². The van der Waals surface area contributed by atoms with Gasteiger partial charge >= 0.3 is 11.9 Å². The van der Waals surface area contributed by atoms with Crippen LogP contribution in [0.25, 0.3) is 0 Å². The van der Waals surface area contributed by atoms with Gasteiger partial charge in [0, 0.05) is 11.5 Å². The number of carboxylic acids is 2. The lowest BCUT2D eigenvalue weighted by Crippen LogP contribution is -2.34. The lowest BCUT2D eigenvalue weighted by atomic mass is 10.4. The molecule has 0 amide bonds. The molecule has 0 radical (unpaired) electrons. The third-order valence-electron chi connectivity index (χ3n) is 1.41. The normalized spacial score (nSPS) is 16.7. The van der Waals surface area contributed by atoms with E-state index in [1.54, 1.807) is 0 Å². The van der Waals surface area contributed by atoms with Crippen LogP contribution in [0.3, 0.4) is 0 Å². The van der Waals surface area contributed by atoms with Crippen molar-refractivity contribution in [1.29, 1.82) is 0 Å². The van der Waals surface area contributed by atoms with Gasteiger partial charge in [-0.15, -0.1) is 9.52 Å². The maximum absolute atomic E-state index is 10.4. The summed E-state index contributed by atoms with van der Waals surface area (Å²) in [7, 11) is 0.686. The zero-order chi connectivity index (χ0) is 12.0. The molecule has 0 saturated carbocycles. The van der Waals surface area contributed by atoms with Crippen molar-refractivity contribution >= 4 is 38.1 Å². The highest BCUT2D eigenvalue weighted by molar-refractivity contribution is 8.83. The molecule has 0 aliphatic rings. The lowest BCUT2D eigenvalue weighted by molar-refractivity contribution is -0.138. The lowest BCUT2D eigenvalue weighted by Gasteiger charge is -2.11. The van der Waals surface area contributed by atoms with E-state index in [1.165, 1.54) is 10.8 Å². The molecule has 15 heavy (non-hydrogen) atoms. The second-order valence-electron chi connectivity index (χ2n) is 2.78. The van der Waals surface area contributed by atoms with Crippen LogP contribution in [0, 0.1) is 0 Å². The van der Waals surface area contributed by atoms with Gasteiger partial charge in [-0.3, -0.25) is 9.59 Å². The van der Waals surface area contributed by atoms with Crippen LogP contribution in [0.2, 0.25) is 0 Å². The van der Waals surface area contributed by atoms with E-state index in [-0.39, 0.29) is 11.5 Å². The molecule has 0 fully saturated rings. The Morgan fingerprint density at radius 2 is 1.73 bits per heavy atom. The first-order valence-electron chi connectivity index (χ1n) is 3.95. The Bertz CT molecular complexity index is 272. The summed E-state index contributed by atoms with van der Waals surface area (Å²) in [6, 6.07) is -1.91. The highest BCUT2D eigenvalue weighted by Gasteiger charge is 2.15. The van der Waals surface area contributed by atoms with Crippen LogP contribution >= 0.6 is 20.3 Å². The van der Waals surface area contributed by atoms with Crippen LogP contribution in [0.1, 0.15) is 0 Å². The van der Waals surface area contributed by atoms with Gasteiger partial charge in [0.15, 0.2) is 0 Å². The summed E-state index contributed by atoms with van der Waals surface area (Å²) in [5.41, 5.74) is 10.6. The zero-order valence-electron chi connectivity index (χ0n) is 7.96. The Kier molecular flexibility index (Phi) is 6.57. The smallest absolute Gasteiger partial charge is 0.321 e. The predicted molar refractivity (Wildman–Crippen MR) is 63.3 cm³/mol. The molecule has 0 spiro atoms. The summed E-state index contributed by atoms with van der Waals surface area (Å²) in [6.45, 7) is 0. The first kappa shape index (κ1) is 14.4. The molecule has 0 aromatic carbocycles. The Balaban J connectivity index is 3.85. The van der Waals surface area contributed by atoms with Crippen LogP contribution in [0.15, 0.2) is 0 Å². The molecule has 3 atom stereocenters. The molecular formula is C7H14N2O4S2. The number of carboxylic acid groups (broad SMARTS) is 2. The molecule has 0 aromatic rings. The van der Waals surface area contributed by atoms with E-state index in [4.69, 9.17) is 21.7 Å². The summed E-state index contributed by atoms with van der Waals surface area (Å²) in [5, 5.41) is 17.0. The van der Waals surface area contributed by atoms with Gasteiger partial charge < -0.3 is 21.7 Å². The number of carbonyl (C=O) groups is 2. The number of hydrogen-bond donors (Lipinski definition) is 4. The van der Waals surface area contributed by atoms with Crippen molar-refractivity contribution in [2.45, 2.75) is 12.1 Å². The maximum Gasteiger partial charge on any atom is 0.321 e. The molecule has 88 valence electrons. The number of rotatable bonds is 7. The second-order valence-corrected chi connectivity index (χ2v) is 6.68. The fraction of sp³-hybridized carbons (Fsp3) is 0.571. The number of nitrogens with two attached hydrogens (primary N) is 2. The monoisotopic (exact) mass is 254 g/mol. The quantitative estimate of drug-likeness (QED) is 0.344. The maximum atomic E-state index is 10.4. The summed E-state index contributed by atoms with van der Waals surface area (Å²) >= 11 is 0. The van der Waals surface area contributed by atoms with Gasteiger partial charge in [0.1, 0.15) is 12.1 Å². The minimum atomic E-state index is -1.08. The topological polar surface area (TPSA) is 127 Å².